The predicted molar refractivity (Wildman–Crippen MR) is 74.1 cm³/mol. The summed E-state index contributed by atoms with van der Waals surface area (Å²) in [6.45, 7) is 1.49. The Bertz CT molecular complexity index is 676. The summed E-state index contributed by atoms with van der Waals surface area (Å²) in [5, 5.41) is 17.5. The highest BCUT2D eigenvalue weighted by Gasteiger charge is 2.02. The number of phenols is 1. The first kappa shape index (κ1) is 13.6. The summed E-state index contributed by atoms with van der Waals surface area (Å²) in [6.07, 6.45) is 0.667. The molecular formula is C15H12N2O3. The fourth-order valence-electron chi connectivity index (χ4n) is 1.57. The molecule has 2 aromatic carbocycles. The number of hydrogen-bond acceptors (Lipinski definition) is 5. The second kappa shape index (κ2) is 5.88. The number of aldehydes is 1. The summed E-state index contributed by atoms with van der Waals surface area (Å²) in [6, 6.07) is 10.9. The standard InChI is InChI=1S/C15H12N2O3/c1-10(19)12-3-5-13(6-4-12)16-17-14-8-11(9-18)2-7-15(14)20/h2-9,20H,1H3. The number of carbonyl (C=O) groups is 2. The molecule has 0 bridgehead atoms. The zero-order valence-corrected chi connectivity index (χ0v) is 10.8. The molecule has 5 heteroatoms. The van der Waals surface area contributed by atoms with Crippen LogP contribution in [0.25, 0.3) is 0 Å². The van der Waals surface area contributed by atoms with E-state index in [-0.39, 0.29) is 17.2 Å². The van der Waals surface area contributed by atoms with E-state index < -0.39 is 0 Å². The first-order valence-corrected chi connectivity index (χ1v) is 5.91. The molecule has 0 saturated carbocycles. The van der Waals surface area contributed by atoms with Gasteiger partial charge in [0, 0.05) is 11.1 Å². The number of rotatable bonds is 4. The van der Waals surface area contributed by atoms with Gasteiger partial charge < -0.3 is 5.11 Å². The minimum absolute atomic E-state index is 0.0233. The third-order valence-corrected chi connectivity index (χ3v) is 2.68. The second-order valence-electron chi connectivity index (χ2n) is 4.17. The van der Waals surface area contributed by atoms with E-state index in [2.05, 4.69) is 10.2 Å². The number of phenolic OH excluding ortho intramolecular Hbond substituents is 1. The SMILES string of the molecule is CC(=O)c1ccc(N=Nc2cc(C=O)ccc2O)cc1. The van der Waals surface area contributed by atoms with E-state index in [4.69, 9.17) is 0 Å². The first-order chi connectivity index (χ1) is 9.60. The van der Waals surface area contributed by atoms with Crippen LogP contribution in [0.2, 0.25) is 0 Å². The molecule has 0 amide bonds. The number of carbonyl (C=O) groups excluding carboxylic acids is 2. The van der Waals surface area contributed by atoms with Crippen LogP contribution in [0.15, 0.2) is 52.7 Å². The van der Waals surface area contributed by atoms with Gasteiger partial charge in [-0.3, -0.25) is 9.59 Å². The maximum atomic E-state index is 11.1. The maximum absolute atomic E-state index is 11.1. The number of hydrogen-bond donors (Lipinski definition) is 1. The van der Waals surface area contributed by atoms with Crippen LogP contribution >= 0.6 is 0 Å². The maximum Gasteiger partial charge on any atom is 0.159 e. The van der Waals surface area contributed by atoms with Crippen molar-refractivity contribution in [1.29, 1.82) is 0 Å². The number of ketones is 1. The quantitative estimate of drug-likeness (QED) is 0.520. The lowest BCUT2D eigenvalue weighted by molar-refractivity contribution is 0.101. The van der Waals surface area contributed by atoms with Gasteiger partial charge in [0.05, 0.1) is 5.69 Å². The van der Waals surface area contributed by atoms with Gasteiger partial charge in [0.2, 0.25) is 0 Å². The lowest BCUT2D eigenvalue weighted by Gasteiger charge is -1.99. The van der Waals surface area contributed by atoms with Crippen LogP contribution in [0, 0.1) is 0 Å². The number of aromatic hydroxyl groups is 1. The van der Waals surface area contributed by atoms with Crippen LogP contribution in [0.4, 0.5) is 11.4 Å². The molecule has 0 aliphatic rings. The molecule has 2 aromatic rings. The van der Waals surface area contributed by atoms with Gasteiger partial charge in [0.1, 0.15) is 17.7 Å². The zero-order chi connectivity index (χ0) is 14.5. The Morgan fingerprint density at radius 3 is 2.40 bits per heavy atom. The normalized spacial score (nSPS) is 10.7. The highest BCUT2D eigenvalue weighted by molar-refractivity contribution is 5.94. The smallest absolute Gasteiger partial charge is 0.159 e. The Balaban J connectivity index is 2.24. The molecule has 20 heavy (non-hydrogen) atoms. The first-order valence-electron chi connectivity index (χ1n) is 5.91. The highest BCUT2D eigenvalue weighted by atomic mass is 16.3. The minimum Gasteiger partial charge on any atom is -0.506 e. The van der Waals surface area contributed by atoms with Crippen molar-refractivity contribution in [2.45, 2.75) is 6.92 Å². The van der Waals surface area contributed by atoms with Gasteiger partial charge in [0.15, 0.2) is 5.78 Å². The van der Waals surface area contributed by atoms with Gasteiger partial charge in [-0.2, -0.15) is 5.11 Å². The van der Waals surface area contributed by atoms with Gasteiger partial charge in [-0.05, 0) is 49.4 Å². The molecular weight excluding hydrogens is 256 g/mol. The molecule has 0 unspecified atom stereocenters. The van der Waals surface area contributed by atoms with Crippen molar-refractivity contribution in [3.05, 3.63) is 53.6 Å². The summed E-state index contributed by atoms with van der Waals surface area (Å²) in [7, 11) is 0. The lowest BCUT2D eigenvalue weighted by Crippen LogP contribution is -1.89. The van der Waals surface area contributed by atoms with Crippen molar-refractivity contribution in [3.63, 3.8) is 0 Å². The van der Waals surface area contributed by atoms with E-state index in [1.54, 1.807) is 24.3 Å². The molecule has 0 spiro atoms. The van der Waals surface area contributed by atoms with E-state index in [1.165, 1.54) is 25.1 Å². The third-order valence-electron chi connectivity index (χ3n) is 2.68. The van der Waals surface area contributed by atoms with Gasteiger partial charge in [-0.25, -0.2) is 0 Å². The van der Waals surface area contributed by atoms with Crippen molar-refractivity contribution in [3.8, 4) is 5.75 Å². The molecule has 0 heterocycles. The molecule has 5 nitrogen and oxygen atoms in total. The molecule has 0 aliphatic carbocycles. The van der Waals surface area contributed by atoms with Crippen LogP contribution in [-0.2, 0) is 0 Å². The highest BCUT2D eigenvalue weighted by Crippen LogP contribution is 2.28. The van der Waals surface area contributed by atoms with Gasteiger partial charge in [-0.15, -0.1) is 5.11 Å². The fraction of sp³-hybridized carbons (Fsp3) is 0.0667. The number of Topliss-reactive ketones (excluding diaryl/α,β-unsaturated/α-hetero) is 1. The largest absolute Gasteiger partial charge is 0.506 e. The lowest BCUT2D eigenvalue weighted by atomic mass is 10.1. The van der Waals surface area contributed by atoms with Crippen molar-refractivity contribution in [2.75, 3.05) is 0 Å². The van der Waals surface area contributed by atoms with Crippen LogP contribution in [0.1, 0.15) is 27.6 Å². The monoisotopic (exact) mass is 268 g/mol. The van der Waals surface area contributed by atoms with Crippen LogP contribution in [-0.4, -0.2) is 17.2 Å². The molecule has 0 atom stereocenters. The van der Waals surface area contributed by atoms with E-state index in [0.717, 1.165) is 0 Å². The average molecular weight is 268 g/mol. The molecule has 0 saturated heterocycles. The van der Waals surface area contributed by atoms with Crippen molar-refractivity contribution in [2.24, 2.45) is 10.2 Å². The predicted octanol–water partition coefficient (Wildman–Crippen LogP) is 3.82. The number of nitrogens with zero attached hydrogens (tertiary/aromatic N) is 2. The fourth-order valence-corrected chi connectivity index (χ4v) is 1.57. The van der Waals surface area contributed by atoms with E-state index >= 15 is 0 Å². The average Bonchev–Trinajstić information content (AvgIpc) is 2.47. The molecule has 2 rings (SSSR count). The Kier molecular flexibility index (Phi) is 4.00. The minimum atomic E-state index is -0.0558. The summed E-state index contributed by atoms with van der Waals surface area (Å²) in [5.74, 6) is -0.0791. The summed E-state index contributed by atoms with van der Waals surface area (Å²) >= 11 is 0. The van der Waals surface area contributed by atoms with Crippen LogP contribution in [0.5, 0.6) is 5.75 Å². The van der Waals surface area contributed by atoms with E-state index in [0.29, 0.717) is 23.1 Å². The van der Waals surface area contributed by atoms with E-state index in [1.807, 2.05) is 0 Å². The zero-order valence-electron chi connectivity index (χ0n) is 10.8. The summed E-state index contributed by atoms with van der Waals surface area (Å²) in [4.78, 5) is 21.8. The Morgan fingerprint density at radius 1 is 1.10 bits per heavy atom. The van der Waals surface area contributed by atoms with Gasteiger partial charge in [0.25, 0.3) is 0 Å². The van der Waals surface area contributed by atoms with E-state index in [9.17, 15) is 14.7 Å². The van der Waals surface area contributed by atoms with Crippen molar-refractivity contribution in [1.82, 2.24) is 0 Å². The molecule has 100 valence electrons. The Morgan fingerprint density at radius 2 is 1.80 bits per heavy atom. The topological polar surface area (TPSA) is 79.1 Å². The Labute approximate surface area is 115 Å². The van der Waals surface area contributed by atoms with Gasteiger partial charge >= 0.3 is 0 Å². The van der Waals surface area contributed by atoms with Crippen LogP contribution < -0.4 is 0 Å². The number of azo groups is 1. The molecule has 0 aliphatic heterocycles. The van der Waals surface area contributed by atoms with Crippen molar-refractivity contribution >= 4 is 23.4 Å². The summed E-state index contributed by atoms with van der Waals surface area (Å²) < 4.78 is 0. The third kappa shape index (κ3) is 3.14. The van der Waals surface area contributed by atoms with Gasteiger partial charge in [-0.1, -0.05) is 0 Å². The molecule has 0 aromatic heterocycles. The molecule has 0 fully saturated rings. The number of benzene rings is 2. The molecule has 0 radical (unpaired) electrons. The van der Waals surface area contributed by atoms with Crippen LogP contribution in [0.3, 0.4) is 0 Å². The molecule has 1 N–H and O–H groups in total. The Hall–Kier alpha value is -2.82. The second-order valence-corrected chi connectivity index (χ2v) is 4.17. The van der Waals surface area contributed by atoms with Crippen molar-refractivity contribution < 1.29 is 14.7 Å². The summed E-state index contributed by atoms with van der Waals surface area (Å²) in [5.41, 5.74) is 1.76.